The van der Waals surface area contributed by atoms with Crippen LogP contribution in [0.2, 0.25) is 0 Å². The van der Waals surface area contributed by atoms with Gasteiger partial charge in [-0.2, -0.15) is 0 Å². The van der Waals surface area contributed by atoms with Gasteiger partial charge in [-0.1, -0.05) is 18.2 Å². The average Bonchev–Trinajstić information content (AvgIpc) is 2.90. The van der Waals surface area contributed by atoms with Gasteiger partial charge in [-0.25, -0.2) is 4.79 Å². The van der Waals surface area contributed by atoms with E-state index in [4.69, 9.17) is 0 Å². The summed E-state index contributed by atoms with van der Waals surface area (Å²) < 4.78 is 0. The van der Waals surface area contributed by atoms with Crippen molar-refractivity contribution in [3.05, 3.63) is 42.2 Å². The fourth-order valence-corrected chi connectivity index (χ4v) is 3.78. The zero-order valence-corrected chi connectivity index (χ0v) is 15.2. The van der Waals surface area contributed by atoms with Gasteiger partial charge in [0, 0.05) is 37.9 Å². The summed E-state index contributed by atoms with van der Waals surface area (Å²) in [7, 11) is 2.17. The highest BCUT2D eigenvalue weighted by Gasteiger charge is 2.24. The number of hydrogen-bond acceptors (Lipinski definition) is 3. The van der Waals surface area contributed by atoms with Gasteiger partial charge in [-0.05, 0) is 57.7 Å². The lowest BCUT2D eigenvalue weighted by molar-refractivity contribution is 0.189. The van der Waals surface area contributed by atoms with Crippen LogP contribution in [0.3, 0.4) is 0 Å². The van der Waals surface area contributed by atoms with Crippen LogP contribution >= 0.6 is 0 Å². The molecule has 1 aromatic heterocycles. The number of nitrogens with one attached hydrogen (secondary N) is 1. The third kappa shape index (κ3) is 5.30. The summed E-state index contributed by atoms with van der Waals surface area (Å²) in [6.07, 6.45) is 12.8. The number of pyridine rings is 1. The second kappa shape index (κ2) is 8.99. The smallest absolute Gasteiger partial charge is 0.317 e. The summed E-state index contributed by atoms with van der Waals surface area (Å²) in [5.41, 5.74) is 1.10. The number of nitrogens with zero attached hydrogens (tertiary/aromatic N) is 3. The number of carbonyl (C=O) groups is 1. The molecule has 0 aromatic carbocycles. The number of aromatic nitrogens is 1. The molecule has 0 bridgehead atoms. The van der Waals surface area contributed by atoms with Crippen molar-refractivity contribution in [2.24, 2.45) is 0 Å². The van der Waals surface area contributed by atoms with Crippen molar-refractivity contribution in [1.29, 1.82) is 0 Å². The van der Waals surface area contributed by atoms with Crippen LogP contribution in [0.25, 0.3) is 0 Å². The second-order valence-corrected chi connectivity index (χ2v) is 7.22. The minimum absolute atomic E-state index is 0.101. The predicted molar refractivity (Wildman–Crippen MR) is 100 cm³/mol. The number of rotatable bonds is 4. The van der Waals surface area contributed by atoms with Gasteiger partial charge < -0.3 is 10.2 Å². The van der Waals surface area contributed by atoms with Gasteiger partial charge in [-0.3, -0.25) is 9.88 Å². The highest BCUT2D eigenvalue weighted by molar-refractivity contribution is 5.74. The first-order valence-electron chi connectivity index (χ1n) is 9.54. The molecular formula is C20H30N4O. The Morgan fingerprint density at radius 3 is 2.96 bits per heavy atom. The van der Waals surface area contributed by atoms with E-state index in [1.54, 1.807) is 0 Å². The minimum atomic E-state index is 0.101. The topological polar surface area (TPSA) is 48.5 Å². The molecular weight excluding hydrogens is 312 g/mol. The summed E-state index contributed by atoms with van der Waals surface area (Å²) >= 11 is 0. The van der Waals surface area contributed by atoms with Crippen molar-refractivity contribution in [2.75, 3.05) is 20.1 Å². The van der Waals surface area contributed by atoms with Crippen molar-refractivity contribution < 1.29 is 4.79 Å². The first-order chi connectivity index (χ1) is 12.2. The largest absolute Gasteiger partial charge is 0.332 e. The van der Waals surface area contributed by atoms with E-state index < -0.39 is 0 Å². The van der Waals surface area contributed by atoms with Gasteiger partial charge in [0.15, 0.2) is 0 Å². The van der Waals surface area contributed by atoms with Gasteiger partial charge in [0.2, 0.25) is 0 Å². The molecule has 1 N–H and O–H groups in total. The zero-order chi connectivity index (χ0) is 17.5. The van der Waals surface area contributed by atoms with E-state index >= 15 is 0 Å². The lowest BCUT2D eigenvalue weighted by atomic mass is 10.0. The molecule has 3 rings (SSSR count). The lowest BCUT2D eigenvalue weighted by Crippen LogP contribution is -2.45. The third-order valence-electron chi connectivity index (χ3n) is 5.31. The number of carbonyl (C=O) groups excluding carboxylic acids is 1. The molecule has 0 radical (unpaired) electrons. The van der Waals surface area contributed by atoms with E-state index in [-0.39, 0.29) is 12.1 Å². The number of urea groups is 1. The van der Waals surface area contributed by atoms with E-state index in [1.807, 2.05) is 23.2 Å². The predicted octanol–water partition coefficient (Wildman–Crippen LogP) is 3.19. The van der Waals surface area contributed by atoms with Crippen molar-refractivity contribution in [3.8, 4) is 0 Å². The molecule has 5 nitrogen and oxygen atoms in total. The van der Waals surface area contributed by atoms with Crippen LogP contribution in [0, 0.1) is 0 Å². The standard InChI is InChI=1S/C20H30N4O/c1-23(16-18-10-5-6-13-21-18)19-11-7-14-24(15-12-19)20(25)22-17-8-3-2-4-9-17/h3,5-6,8,10,13,17,19H,2,4,7,9,11-12,14-16H2,1H3,(H,22,25)/t17-,19-/m0/s1. The van der Waals surface area contributed by atoms with E-state index in [9.17, 15) is 4.79 Å². The summed E-state index contributed by atoms with van der Waals surface area (Å²) in [6.45, 7) is 2.56. The molecule has 1 aromatic rings. The maximum absolute atomic E-state index is 12.5. The Morgan fingerprint density at radius 2 is 2.20 bits per heavy atom. The van der Waals surface area contributed by atoms with Crippen LogP contribution in [0.5, 0.6) is 0 Å². The van der Waals surface area contributed by atoms with Crippen molar-refractivity contribution in [3.63, 3.8) is 0 Å². The maximum atomic E-state index is 12.5. The molecule has 2 amide bonds. The maximum Gasteiger partial charge on any atom is 0.317 e. The molecule has 2 aliphatic rings. The number of allylic oxidation sites excluding steroid dienone is 1. The monoisotopic (exact) mass is 342 g/mol. The molecule has 0 saturated carbocycles. The fourth-order valence-electron chi connectivity index (χ4n) is 3.78. The Labute approximate surface area is 151 Å². The van der Waals surface area contributed by atoms with Crippen molar-refractivity contribution >= 4 is 6.03 Å². The summed E-state index contributed by atoms with van der Waals surface area (Å²) in [4.78, 5) is 21.3. The quantitative estimate of drug-likeness (QED) is 0.855. The van der Waals surface area contributed by atoms with E-state index in [0.29, 0.717) is 6.04 Å². The highest BCUT2D eigenvalue weighted by atomic mass is 16.2. The Balaban J connectivity index is 1.48. The van der Waals surface area contributed by atoms with Crippen LogP contribution in [0.15, 0.2) is 36.5 Å². The third-order valence-corrected chi connectivity index (χ3v) is 5.31. The molecule has 1 aliphatic heterocycles. The number of hydrogen-bond donors (Lipinski definition) is 1. The fraction of sp³-hybridized carbons (Fsp3) is 0.600. The normalized spacial score (nSPS) is 24.2. The molecule has 2 heterocycles. The lowest BCUT2D eigenvalue weighted by Gasteiger charge is -2.27. The molecule has 1 aliphatic carbocycles. The van der Waals surface area contributed by atoms with Crippen LogP contribution < -0.4 is 5.32 Å². The Bertz CT molecular complexity index is 574. The van der Waals surface area contributed by atoms with Gasteiger partial charge in [-0.15, -0.1) is 0 Å². The van der Waals surface area contributed by atoms with Gasteiger partial charge in [0.1, 0.15) is 0 Å². The van der Waals surface area contributed by atoms with Crippen LogP contribution in [0.4, 0.5) is 4.79 Å². The van der Waals surface area contributed by atoms with Gasteiger partial charge >= 0.3 is 6.03 Å². The van der Waals surface area contributed by atoms with Crippen LogP contribution in [-0.2, 0) is 6.54 Å². The number of likely N-dealkylation sites (tertiary alicyclic amines) is 1. The van der Waals surface area contributed by atoms with Crippen LogP contribution in [0.1, 0.15) is 44.2 Å². The summed E-state index contributed by atoms with van der Waals surface area (Å²) in [6, 6.07) is 6.89. The molecule has 1 saturated heterocycles. The molecule has 2 atom stereocenters. The second-order valence-electron chi connectivity index (χ2n) is 7.22. The Kier molecular flexibility index (Phi) is 6.45. The molecule has 136 valence electrons. The first-order valence-corrected chi connectivity index (χ1v) is 9.54. The van der Waals surface area contributed by atoms with Gasteiger partial charge in [0.25, 0.3) is 0 Å². The summed E-state index contributed by atoms with van der Waals surface area (Å²) in [5, 5.41) is 3.18. The highest BCUT2D eigenvalue weighted by Crippen LogP contribution is 2.18. The SMILES string of the molecule is CN(Cc1ccccn1)[C@H]1CCCN(C(=O)N[C@H]2C=CCCC2)CC1. The van der Waals surface area contributed by atoms with E-state index in [0.717, 1.165) is 57.4 Å². The Hall–Kier alpha value is -1.88. The molecule has 1 fully saturated rings. The first kappa shape index (κ1) is 17.9. The van der Waals surface area contributed by atoms with E-state index in [1.165, 1.54) is 6.42 Å². The van der Waals surface area contributed by atoms with Crippen LogP contribution in [-0.4, -0.2) is 53.0 Å². The Morgan fingerprint density at radius 1 is 1.28 bits per heavy atom. The average molecular weight is 342 g/mol. The zero-order valence-electron chi connectivity index (χ0n) is 15.2. The number of amides is 2. The van der Waals surface area contributed by atoms with E-state index in [2.05, 4.69) is 40.5 Å². The molecule has 0 spiro atoms. The van der Waals surface area contributed by atoms with Crippen molar-refractivity contribution in [1.82, 2.24) is 20.1 Å². The molecule has 5 heteroatoms. The molecule has 0 unspecified atom stereocenters. The minimum Gasteiger partial charge on any atom is -0.332 e. The van der Waals surface area contributed by atoms with Gasteiger partial charge in [0.05, 0.1) is 5.69 Å². The van der Waals surface area contributed by atoms with Crippen molar-refractivity contribution in [2.45, 2.75) is 57.2 Å². The summed E-state index contributed by atoms with van der Waals surface area (Å²) in [5.74, 6) is 0. The molecule has 25 heavy (non-hydrogen) atoms.